The molecule has 0 amide bonds. The van der Waals surface area contributed by atoms with Crippen LogP contribution in [0, 0.1) is 0 Å². The van der Waals surface area contributed by atoms with Crippen molar-refractivity contribution in [2.24, 2.45) is 0 Å². The van der Waals surface area contributed by atoms with Crippen molar-refractivity contribution >= 4 is 19.7 Å². The number of alkyl halides is 2. The molecule has 0 fully saturated rings. The molecule has 0 aliphatic heterocycles. The molecule has 8 heteroatoms. The second kappa shape index (κ2) is 4.46. The minimum absolute atomic E-state index is 0.482. The summed E-state index contributed by atoms with van der Waals surface area (Å²) in [5.41, 5.74) is 0. The van der Waals surface area contributed by atoms with Crippen molar-refractivity contribution in [3.63, 3.8) is 0 Å². The fourth-order valence-corrected chi connectivity index (χ4v) is 2.50. The van der Waals surface area contributed by atoms with Gasteiger partial charge in [0.05, 0.1) is 9.79 Å². The van der Waals surface area contributed by atoms with Crippen LogP contribution in [0.4, 0.5) is 8.78 Å². The van der Waals surface area contributed by atoms with E-state index in [4.69, 9.17) is 0 Å². The summed E-state index contributed by atoms with van der Waals surface area (Å²) in [4.78, 5) is -0.964. The van der Waals surface area contributed by atoms with E-state index in [9.17, 15) is 25.6 Å². The lowest BCUT2D eigenvalue weighted by atomic mass is 10.4. The molecule has 0 unspecified atom stereocenters. The van der Waals surface area contributed by atoms with Gasteiger partial charge in [-0.05, 0) is 18.2 Å². The predicted molar refractivity (Wildman–Crippen MR) is 52.8 cm³/mol. The highest BCUT2D eigenvalue weighted by atomic mass is 32.2. The lowest BCUT2D eigenvalue weighted by Gasteiger charge is -2.03. The summed E-state index contributed by atoms with van der Waals surface area (Å²) in [6.45, 7) is 0. The molecule has 0 aromatic heterocycles. The lowest BCUT2D eigenvalue weighted by Crippen LogP contribution is -2.06. The molecule has 0 N–H and O–H groups in total. The van der Waals surface area contributed by atoms with Crippen LogP contribution in [0.2, 0.25) is 0 Å². The van der Waals surface area contributed by atoms with Crippen molar-refractivity contribution in [2.45, 2.75) is 9.79 Å². The maximum Gasteiger partial charge on any atom is 0.207 e. The van der Waals surface area contributed by atoms with Gasteiger partial charge in [-0.15, -0.1) is 0 Å². The van der Waals surface area contributed by atoms with Gasteiger partial charge < -0.3 is 0 Å². The van der Waals surface area contributed by atoms with E-state index in [1.807, 2.05) is 0 Å². The van der Waals surface area contributed by atoms with Crippen LogP contribution in [-0.4, -0.2) is 28.8 Å². The number of rotatable bonds is 4. The molecule has 0 radical (unpaired) electrons. The van der Waals surface area contributed by atoms with Crippen molar-refractivity contribution in [1.82, 2.24) is 0 Å². The van der Waals surface area contributed by atoms with Crippen LogP contribution in [-0.2, 0) is 19.7 Å². The number of benzene rings is 1. The van der Waals surface area contributed by atoms with Crippen LogP contribution < -0.4 is 0 Å². The average molecular weight is 270 g/mol. The standard InChI is InChI=1S/C8H8F2O4S2/c9-5-15(11,12)7-2-1-3-8(4-7)16(13,14)6-10/h1-4H,5-6H2. The minimum Gasteiger partial charge on any atom is -0.233 e. The lowest BCUT2D eigenvalue weighted by molar-refractivity contribution is 0.532. The zero-order chi connectivity index (χ0) is 12.4. The van der Waals surface area contributed by atoms with Crippen LogP contribution in [0.5, 0.6) is 0 Å². The van der Waals surface area contributed by atoms with Crippen LogP contribution in [0.15, 0.2) is 34.1 Å². The molecule has 0 saturated heterocycles. The van der Waals surface area contributed by atoms with Gasteiger partial charge in [-0.3, -0.25) is 0 Å². The Morgan fingerprint density at radius 1 is 0.875 bits per heavy atom. The van der Waals surface area contributed by atoms with Crippen molar-refractivity contribution in [2.75, 3.05) is 12.0 Å². The topological polar surface area (TPSA) is 68.3 Å². The van der Waals surface area contributed by atoms with Crippen LogP contribution in [0.25, 0.3) is 0 Å². The van der Waals surface area contributed by atoms with Gasteiger partial charge in [-0.25, -0.2) is 25.6 Å². The molecule has 16 heavy (non-hydrogen) atoms. The SMILES string of the molecule is O=S(=O)(CF)c1cccc(S(=O)(=O)CF)c1. The Hall–Kier alpha value is -1.02. The molecule has 0 aliphatic carbocycles. The highest BCUT2D eigenvalue weighted by Crippen LogP contribution is 2.18. The third-order valence-corrected chi connectivity index (χ3v) is 4.33. The molecular weight excluding hydrogens is 262 g/mol. The van der Waals surface area contributed by atoms with Gasteiger partial charge in [0.15, 0.2) is 12.0 Å². The highest BCUT2D eigenvalue weighted by Gasteiger charge is 2.19. The molecule has 90 valence electrons. The van der Waals surface area contributed by atoms with Crippen molar-refractivity contribution in [3.05, 3.63) is 24.3 Å². The van der Waals surface area contributed by atoms with Crippen LogP contribution in [0.3, 0.4) is 0 Å². The van der Waals surface area contributed by atoms with Crippen molar-refractivity contribution in [3.8, 4) is 0 Å². The first-order valence-electron chi connectivity index (χ1n) is 4.01. The molecule has 0 saturated carbocycles. The molecule has 0 aliphatic rings. The van der Waals surface area contributed by atoms with Gasteiger partial charge >= 0.3 is 0 Å². The average Bonchev–Trinajstić information content (AvgIpc) is 2.29. The van der Waals surface area contributed by atoms with E-state index in [1.165, 1.54) is 0 Å². The quantitative estimate of drug-likeness (QED) is 0.821. The summed E-state index contributed by atoms with van der Waals surface area (Å²) in [7, 11) is -8.29. The third kappa shape index (κ3) is 2.56. The Morgan fingerprint density at radius 2 is 1.25 bits per heavy atom. The van der Waals surface area contributed by atoms with Gasteiger partial charge in [-0.1, -0.05) is 6.07 Å². The molecule has 4 nitrogen and oxygen atoms in total. The first kappa shape index (κ1) is 13.0. The molecule has 1 aromatic rings. The molecule has 0 bridgehead atoms. The first-order valence-corrected chi connectivity index (χ1v) is 7.31. The van der Waals surface area contributed by atoms with Gasteiger partial charge in [0.25, 0.3) is 0 Å². The minimum atomic E-state index is -4.14. The Balaban J connectivity index is 3.37. The molecule has 0 heterocycles. The second-order valence-electron chi connectivity index (χ2n) is 2.92. The number of hydrogen-bond donors (Lipinski definition) is 0. The smallest absolute Gasteiger partial charge is 0.207 e. The monoisotopic (exact) mass is 270 g/mol. The van der Waals surface area contributed by atoms with Gasteiger partial charge in [-0.2, -0.15) is 0 Å². The normalized spacial score (nSPS) is 12.6. The zero-order valence-electron chi connectivity index (χ0n) is 7.93. The number of halogens is 2. The zero-order valence-corrected chi connectivity index (χ0v) is 9.56. The largest absolute Gasteiger partial charge is 0.233 e. The van der Waals surface area contributed by atoms with E-state index < -0.39 is 41.5 Å². The van der Waals surface area contributed by atoms with Crippen LogP contribution >= 0.6 is 0 Å². The van der Waals surface area contributed by atoms with E-state index in [-0.39, 0.29) is 0 Å². The Labute approximate surface area is 91.7 Å². The van der Waals surface area contributed by atoms with Crippen molar-refractivity contribution < 1.29 is 25.6 Å². The summed E-state index contributed by atoms with van der Waals surface area (Å²) in [5, 5.41) is 0. The van der Waals surface area contributed by atoms with E-state index >= 15 is 0 Å². The second-order valence-corrected chi connectivity index (χ2v) is 6.76. The fourth-order valence-electron chi connectivity index (χ4n) is 0.987. The summed E-state index contributed by atoms with van der Waals surface area (Å²) < 4.78 is 68.7. The first-order chi connectivity index (χ1) is 7.33. The maximum absolute atomic E-state index is 12.2. The number of hydrogen-bond acceptors (Lipinski definition) is 4. The van der Waals surface area contributed by atoms with Gasteiger partial charge in [0, 0.05) is 0 Å². The maximum atomic E-state index is 12.2. The van der Waals surface area contributed by atoms with E-state index in [2.05, 4.69) is 0 Å². The summed E-state index contributed by atoms with van der Waals surface area (Å²) >= 11 is 0. The van der Waals surface area contributed by atoms with Crippen molar-refractivity contribution in [1.29, 1.82) is 0 Å². The fraction of sp³-hybridized carbons (Fsp3) is 0.250. The molecule has 0 atom stereocenters. The number of sulfone groups is 2. The Morgan fingerprint density at radius 3 is 1.56 bits per heavy atom. The summed E-state index contributed by atoms with van der Waals surface area (Å²) in [5.74, 6) is 0. The Bertz CT molecular complexity index is 529. The summed E-state index contributed by atoms with van der Waals surface area (Å²) in [6, 6.07) is 0.686. The van der Waals surface area contributed by atoms with E-state index in [0.717, 1.165) is 24.3 Å². The van der Waals surface area contributed by atoms with Crippen LogP contribution in [0.1, 0.15) is 0 Å². The van der Waals surface area contributed by atoms with Gasteiger partial charge in [0.2, 0.25) is 19.7 Å². The third-order valence-electron chi connectivity index (χ3n) is 1.81. The Kier molecular flexibility index (Phi) is 3.64. The molecule has 1 aromatic carbocycles. The van der Waals surface area contributed by atoms with Gasteiger partial charge in [0.1, 0.15) is 0 Å². The predicted octanol–water partition coefficient (Wildman–Crippen LogP) is 1.09. The molecule has 1 rings (SSSR count). The molecule has 0 spiro atoms. The van der Waals surface area contributed by atoms with E-state index in [1.54, 1.807) is 0 Å². The highest BCUT2D eigenvalue weighted by molar-refractivity contribution is 7.92. The van der Waals surface area contributed by atoms with E-state index in [0.29, 0.717) is 0 Å². The summed E-state index contributed by atoms with van der Waals surface area (Å²) in [6.07, 6.45) is 0. The molecular formula is C8H8F2O4S2.